The fourth-order valence-electron chi connectivity index (χ4n) is 1.44. The normalized spacial score (nSPS) is 10.4. The third-order valence-corrected chi connectivity index (χ3v) is 3.45. The smallest absolute Gasteiger partial charge is 0.234 e. The highest BCUT2D eigenvalue weighted by Gasteiger charge is 2.07. The summed E-state index contributed by atoms with van der Waals surface area (Å²) in [7, 11) is 1.86. The van der Waals surface area contributed by atoms with Crippen molar-refractivity contribution in [3.8, 4) is 0 Å². The topological polar surface area (TPSA) is 72.9 Å². The van der Waals surface area contributed by atoms with E-state index in [0.29, 0.717) is 5.69 Å². The Balaban J connectivity index is 1.91. The summed E-state index contributed by atoms with van der Waals surface area (Å²) < 4.78 is 14.8. The number of hydrogen-bond acceptors (Lipinski definition) is 4. The molecule has 0 aliphatic carbocycles. The molecule has 0 atom stereocenters. The Morgan fingerprint density at radius 2 is 2.37 bits per heavy atom. The number of nitrogens with one attached hydrogen (secondary N) is 1. The Bertz CT molecular complexity index is 599. The van der Waals surface area contributed by atoms with Crippen molar-refractivity contribution in [1.82, 2.24) is 9.55 Å². The Kier molecular flexibility index (Phi) is 4.06. The van der Waals surface area contributed by atoms with Crippen LogP contribution >= 0.6 is 11.8 Å². The molecule has 100 valence electrons. The number of thioether (sulfide) groups is 1. The van der Waals surface area contributed by atoms with Crippen molar-refractivity contribution < 1.29 is 9.18 Å². The summed E-state index contributed by atoms with van der Waals surface area (Å²) in [6.45, 7) is 0. The lowest BCUT2D eigenvalue weighted by molar-refractivity contribution is -0.113. The van der Waals surface area contributed by atoms with Crippen LogP contribution in [0, 0.1) is 5.82 Å². The number of carbonyl (C=O) groups excluding carboxylic acids is 1. The number of carbonyl (C=O) groups is 1. The minimum absolute atomic E-state index is 0.00885. The van der Waals surface area contributed by atoms with E-state index in [1.165, 1.54) is 30.0 Å². The fourth-order valence-corrected chi connectivity index (χ4v) is 2.17. The molecular weight excluding hydrogens is 267 g/mol. The van der Waals surface area contributed by atoms with Gasteiger partial charge in [-0.3, -0.25) is 4.79 Å². The van der Waals surface area contributed by atoms with E-state index in [2.05, 4.69) is 10.3 Å². The molecule has 19 heavy (non-hydrogen) atoms. The first-order valence-corrected chi connectivity index (χ1v) is 6.50. The molecule has 0 spiro atoms. The molecule has 3 N–H and O–H groups in total. The van der Waals surface area contributed by atoms with Gasteiger partial charge in [0.25, 0.3) is 0 Å². The fraction of sp³-hybridized carbons (Fsp3) is 0.167. The average molecular weight is 280 g/mol. The van der Waals surface area contributed by atoms with Crippen molar-refractivity contribution in [1.29, 1.82) is 0 Å². The van der Waals surface area contributed by atoms with E-state index in [4.69, 9.17) is 5.73 Å². The van der Waals surface area contributed by atoms with E-state index in [1.54, 1.807) is 12.4 Å². The number of nitrogens with two attached hydrogens (primary N) is 1. The van der Waals surface area contributed by atoms with E-state index in [1.807, 2.05) is 11.6 Å². The minimum atomic E-state index is -0.500. The van der Waals surface area contributed by atoms with Gasteiger partial charge >= 0.3 is 0 Å². The van der Waals surface area contributed by atoms with Gasteiger partial charge in [0.2, 0.25) is 5.91 Å². The number of benzene rings is 1. The van der Waals surface area contributed by atoms with Crippen LogP contribution in [-0.2, 0) is 11.8 Å². The van der Waals surface area contributed by atoms with Gasteiger partial charge < -0.3 is 15.6 Å². The van der Waals surface area contributed by atoms with Crippen LogP contribution < -0.4 is 11.1 Å². The second-order valence-electron chi connectivity index (χ2n) is 3.89. The van der Waals surface area contributed by atoms with E-state index >= 15 is 0 Å². The summed E-state index contributed by atoms with van der Waals surface area (Å²) in [4.78, 5) is 15.8. The van der Waals surface area contributed by atoms with Crippen molar-refractivity contribution in [3.63, 3.8) is 0 Å². The summed E-state index contributed by atoms with van der Waals surface area (Å²) in [5.41, 5.74) is 5.91. The van der Waals surface area contributed by atoms with Crippen molar-refractivity contribution >= 4 is 29.0 Å². The van der Waals surface area contributed by atoms with Gasteiger partial charge in [-0.25, -0.2) is 9.37 Å². The van der Waals surface area contributed by atoms with Crippen LogP contribution in [0.5, 0.6) is 0 Å². The van der Waals surface area contributed by atoms with E-state index in [0.717, 1.165) is 5.16 Å². The molecule has 7 heteroatoms. The molecule has 0 radical (unpaired) electrons. The second kappa shape index (κ2) is 5.75. The molecule has 1 aromatic heterocycles. The highest BCUT2D eigenvalue weighted by molar-refractivity contribution is 7.99. The molecule has 0 saturated heterocycles. The van der Waals surface area contributed by atoms with Gasteiger partial charge in [-0.2, -0.15) is 0 Å². The van der Waals surface area contributed by atoms with Gasteiger partial charge in [0, 0.05) is 25.1 Å². The van der Waals surface area contributed by atoms with Crippen LogP contribution in [0.3, 0.4) is 0 Å². The van der Waals surface area contributed by atoms with E-state index < -0.39 is 5.82 Å². The van der Waals surface area contributed by atoms with E-state index in [9.17, 15) is 9.18 Å². The van der Waals surface area contributed by atoms with Gasteiger partial charge in [0.15, 0.2) is 5.16 Å². The van der Waals surface area contributed by atoms with Gasteiger partial charge in [0.1, 0.15) is 5.82 Å². The van der Waals surface area contributed by atoms with Crippen LogP contribution in [0.15, 0.2) is 35.7 Å². The summed E-state index contributed by atoms with van der Waals surface area (Å²) in [6, 6.07) is 4.07. The Labute approximate surface area is 114 Å². The van der Waals surface area contributed by atoms with Gasteiger partial charge in [-0.05, 0) is 18.2 Å². The molecule has 0 bridgehead atoms. The monoisotopic (exact) mass is 280 g/mol. The van der Waals surface area contributed by atoms with Gasteiger partial charge in [-0.15, -0.1) is 0 Å². The first-order chi connectivity index (χ1) is 9.06. The maximum atomic E-state index is 13.0. The third-order valence-electron chi connectivity index (χ3n) is 2.39. The highest BCUT2D eigenvalue weighted by Crippen LogP contribution is 2.18. The molecule has 5 nitrogen and oxygen atoms in total. The molecule has 1 heterocycles. The van der Waals surface area contributed by atoms with Crippen molar-refractivity contribution in [3.05, 3.63) is 36.4 Å². The van der Waals surface area contributed by atoms with Crippen LogP contribution in [0.1, 0.15) is 0 Å². The summed E-state index contributed by atoms with van der Waals surface area (Å²) in [6.07, 6.45) is 3.47. The van der Waals surface area contributed by atoms with Crippen LogP contribution in [-0.4, -0.2) is 21.2 Å². The summed E-state index contributed by atoms with van der Waals surface area (Å²) in [5, 5.41) is 3.41. The predicted molar refractivity (Wildman–Crippen MR) is 73.4 cm³/mol. The Morgan fingerprint density at radius 3 is 3.00 bits per heavy atom. The van der Waals surface area contributed by atoms with Crippen LogP contribution in [0.4, 0.5) is 15.8 Å². The third kappa shape index (κ3) is 3.47. The Morgan fingerprint density at radius 1 is 1.58 bits per heavy atom. The molecule has 0 aliphatic heterocycles. The molecule has 2 rings (SSSR count). The first kappa shape index (κ1) is 13.4. The lowest BCUT2D eigenvalue weighted by Crippen LogP contribution is -2.14. The highest BCUT2D eigenvalue weighted by atomic mass is 32.2. The number of aryl methyl sites for hydroxylation is 1. The zero-order chi connectivity index (χ0) is 13.8. The zero-order valence-corrected chi connectivity index (χ0v) is 11.1. The molecule has 0 fully saturated rings. The zero-order valence-electron chi connectivity index (χ0n) is 10.3. The lowest BCUT2D eigenvalue weighted by Gasteiger charge is -2.06. The molecule has 1 amide bonds. The minimum Gasteiger partial charge on any atom is -0.396 e. The molecule has 2 aromatic rings. The van der Waals surface area contributed by atoms with Crippen LogP contribution in [0.25, 0.3) is 0 Å². The predicted octanol–water partition coefficient (Wildman–Crippen LogP) is 1.87. The maximum Gasteiger partial charge on any atom is 0.234 e. The lowest BCUT2D eigenvalue weighted by atomic mass is 10.2. The number of aromatic nitrogens is 2. The number of rotatable bonds is 4. The number of hydrogen-bond donors (Lipinski definition) is 2. The number of amides is 1. The van der Waals surface area contributed by atoms with Crippen molar-refractivity contribution in [2.45, 2.75) is 5.16 Å². The average Bonchev–Trinajstić information content (AvgIpc) is 2.77. The molecule has 0 saturated carbocycles. The van der Waals surface area contributed by atoms with E-state index in [-0.39, 0.29) is 17.3 Å². The first-order valence-electron chi connectivity index (χ1n) is 5.51. The SMILES string of the molecule is Cn1ccnc1SCC(=O)Nc1ccc(F)c(N)c1. The van der Waals surface area contributed by atoms with Crippen LogP contribution in [0.2, 0.25) is 0 Å². The number of anilines is 2. The quantitative estimate of drug-likeness (QED) is 0.662. The van der Waals surface area contributed by atoms with Gasteiger partial charge in [-0.1, -0.05) is 11.8 Å². The number of imidazole rings is 1. The number of nitrogens with zero attached hydrogens (tertiary/aromatic N) is 2. The number of halogens is 1. The standard InChI is InChI=1S/C12H13FN4OS/c1-17-5-4-15-12(17)19-7-11(18)16-8-2-3-9(13)10(14)6-8/h2-6H,7,14H2,1H3,(H,16,18). The largest absolute Gasteiger partial charge is 0.396 e. The Hall–Kier alpha value is -2.02. The molecule has 1 aromatic carbocycles. The molecule has 0 unspecified atom stereocenters. The summed E-state index contributed by atoms with van der Waals surface area (Å²) in [5.74, 6) is -0.471. The van der Waals surface area contributed by atoms with Crippen molar-refractivity contribution in [2.75, 3.05) is 16.8 Å². The van der Waals surface area contributed by atoms with Crippen molar-refractivity contribution in [2.24, 2.45) is 7.05 Å². The number of nitrogen functional groups attached to an aromatic ring is 1. The maximum absolute atomic E-state index is 13.0. The second-order valence-corrected chi connectivity index (χ2v) is 4.84. The summed E-state index contributed by atoms with van der Waals surface area (Å²) >= 11 is 1.32. The molecule has 0 aliphatic rings. The molecular formula is C12H13FN4OS. The van der Waals surface area contributed by atoms with Gasteiger partial charge in [0.05, 0.1) is 11.4 Å².